The van der Waals surface area contributed by atoms with Gasteiger partial charge in [-0.25, -0.2) is 0 Å². The summed E-state index contributed by atoms with van der Waals surface area (Å²) in [6.45, 7) is 3.29. The molecule has 0 aromatic heterocycles. The molecule has 4 N–H and O–H groups in total. The Bertz CT molecular complexity index is 289. The van der Waals surface area contributed by atoms with Crippen molar-refractivity contribution in [3.05, 3.63) is 24.3 Å². The third-order valence-electron chi connectivity index (χ3n) is 2.60. The molecule has 0 fully saturated rings. The van der Waals surface area contributed by atoms with Crippen LogP contribution in [0.4, 0.5) is 11.4 Å². The highest BCUT2D eigenvalue weighted by Gasteiger charge is 2.04. The van der Waals surface area contributed by atoms with Gasteiger partial charge in [-0.1, -0.05) is 19.4 Å². The lowest BCUT2D eigenvalue weighted by Crippen LogP contribution is -2.14. The van der Waals surface area contributed by atoms with E-state index in [1.165, 1.54) is 0 Å². The van der Waals surface area contributed by atoms with Crippen LogP contribution in [0.1, 0.15) is 19.8 Å². The van der Waals surface area contributed by atoms with Crippen LogP contribution in [-0.2, 0) is 0 Å². The van der Waals surface area contributed by atoms with Crippen molar-refractivity contribution in [2.75, 3.05) is 24.2 Å². The number of hydrogen-bond acceptors (Lipinski definition) is 3. The van der Waals surface area contributed by atoms with Gasteiger partial charge in [0.2, 0.25) is 0 Å². The van der Waals surface area contributed by atoms with Crippen molar-refractivity contribution >= 4 is 11.4 Å². The van der Waals surface area contributed by atoms with E-state index in [0.717, 1.165) is 30.8 Å². The third-order valence-corrected chi connectivity index (χ3v) is 2.60. The van der Waals surface area contributed by atoms with Crippen molar-refractivity contribution < 1.29 is 5.11 Å². The van der Waals surface area contributed by atoms with Gasteiger partial charge in [-0.2, -0.15) is 0 Å². The number of nitrogen functional groups attached to an aromatic ring is 1. The Morgan fingerprint density at radius 1 is 1.47 bits per heavy atom. The zero-order valence-electron chi connectivity index (χ0n) is 9.24. The highest BCUT2D eigenvalue weighted by molar-refractivity contribution is 5.53. The summed E-state index contributed by atoms with van der Waals surface area (Å²) in [7, 11) is 0. The van der Waals surface area contributed by atoms with Crippen LogP contribution in [0.25, 0.3) is 0 Å². The number of benzene rings is 1. The molecule has 0 aliphatic heterocycles. The second kappa shape index (κ2) is 6.30. The Morgan fingerprint density at radius 2 is 2.27 bits per heavy atom. The first-order chi connectivity index (χ1) is 7.26. The highest BCUT2D eigenvalue weighted by Crippen LogP contribution is 2.14. The molecule has 0 aliphatic carbocycles. The molecular formula is C12H20N2O. The summed E-state index contributed by atoms with van der Waals surface area (Å²) in [5.41, 5.74) is 7.50. The van der Waals surface area contributed by atoms with Crippen LogP contribution in [0, 0.1) is 5.92 Å². The van der Waals surface area contributed by atoms with E-state index in [9.17, 15) is 0 Å². The van der Waals surface area contributed by atoms with Crippen molar-refractivity contribution in [3.63, 3.8) is 0 Å². The van der Waals surface area contributed by atoms with E-state index < -0.39 is 0 Å². The van der Waals surface area contributed by atoms with Crippen LogP contribution < -0.4 is 11.1 Å². The Labute approximate surface area is 91.3 Å². The molecule has 1 aromatic carbocycles. The number of aliphatic hydroxyl groups is 1. The summed E-state index contributed by atoms with van der Waals surface area (Å²) in [6, 6.07) is 7.73. The van der Waals surface area contributed by atoms with Crippen LogP contribution in [0.5, 0.6) is 0 Å². The average molecular weight is 208 g/mol. The fourth-order valence-electron chi connectivity index (χ4n) is 1.54. The number of rotatable bonds is 6. The maximum Gasteiger partial charge on any atom is 0.0434 e. The van der Waals surface area contributed by atoms with Crippen molar-refractivity contribution in [1.82, 2.24) is 0 Å². The normalized spacial score (nSPS) is 12.4. The molecule has 0 amide bonds. The molecule has 0 saturated carbocycles. The van der Waals surface area contributed by atoms with Gasteiger partial charge in [0.05, 0.1) is 0 Å². The standard InChI is InChI=1S/C12H20N2O/c1-2-10(6-7-15)9-14-12-5-3-4-11(13)8-12/h3-5,8,10,14-15H,2,6-7,9,13H2,1H3. The largest absolute Gasteiger partial charge is 0.399 e. The molecule has 15 heavy (non-hydrogen) atoms. The van der Waals surface area contributed by atoms with E-state index in [2.05, 4.69) is 12.2 Å². The van der Waals surface area contributed by atoms with Crippen molar-refractivity contribution in [2.24, 2.45) is 5.92 Å². The molecule has 3 heteroatoms. The maximum atomic E-state index is 8.86. The summed E-state index contributed by atoms with van der Waals surface area (Å²) < 4.78 is 0. The number of nitrogens with two attached hydrogens (primary N) is 1. The van der Waals surface area contributed by atoms with Gasteiger partial charge in [0.1, 0.15) is 0 Å². The van der Waals surface area contributed by atoms with Gasteiger partial charge in [-0.15, -0.1) is 0 Å². The Morgan fingerprint density at radius 3 is 2.87 bits per heavy atom. The minimum Gasteiger partial charge on any atom is -0.399 e. The van der Waals surface area contributed by atoms with Gasteiger partial charge >= 0.3 is 0 Å². The van der Waals surface area contributed by atoms with E-state index >= 15 is 0 Å². The van der Waals surface area contributed by atoms with Crippen LogP contribution in [0.3, 0.4) is 0 Å². The predicted molar refractivity (Wildman–Crippen MR) is 64.8 cm³/mol. The lowest BCUT2D eigenvalue weighted by molar-refractivity contribution is 0.258. The monoisotopic (exact) mass is 208 g/mol. The van der Waals surface area contributed by atoms with Crippen molar-refractivity contribution in [3.8, 4) is 0 Å². The summed E-state index contributed by atoms with van der Waals surface area (Å²) in [4.78, 5) is 0. The van der Waals surface area contributed by atoms with Crippen LogP contribution >= 0.6 is 0 Å². The SMILES string of the molecule is CCC(CCO)CNc1cccc(N)c1. The number of hydrogen-bond donors (Lipinski definition) is 3. The van der Waals surface area contributed by atoms with Gasteiger partial charge in [0.25, 0.3) is 0 Å². The molecule has 0 saturated heterocycles. The molecule has 1 atom stereocenters. The van der Waals surface area contributed by atoms with Gasteiger partial charge in [-0.05, 0) is 30.5 Å². The smallest absolute Gasteiger partial charge is 0.0434 e. The zero-order valence-corrected chi connectivity index (χ0v) is 9.24. The minimum absolute atomic E-state index is 0.261. The van der Waals surface area contributed by atoms with Crippen LogP contribution in [-0.4, -0.2) is 18.3 Å². The highest BCUT2D eigenvalue weighted by atomic mass is 16.3. The van der Waals surface area contributed by atoms with Crippen LogP contribution in [0.15, 0.2) is 24.3 Å². The fraction of sp³-hybridized carbons (Fsp3) is 0.500. The molecule has 0 radical (unpaired) electrons. The molecule has 1 aromatic rings. The molecule has 0 bridgehead atoms. The first kappa shape index (κ1) is 11.9. The van der Waals surface area contributed by atoms with Crippen molar-refractivity contribution in [2.45, 2.75) is 19.8 Å². The molecule has 0 spiro atoms. The van der Waals surface area contributed by atoms with Gasteiger partial charge < -0.3 is 16.2 Å². The third kappa shape index (κ3) is 4.21. The molecule has 84 valence electrons. The average Bonchev–Trinajstić information content (AvgIpc) is 2.24. The van der Waals surface area contributed by atoms with E-state index in [4.69, 9.17) is 10.8 Å². The maximum absolute atomic E-state index is 8.86. The Balaban J connectivity index is 2.41. The first-order valence-electron chi connectivity index (χ1n) is 5.46. The lowest BCUT2D eigenvalue weighted by atomic mass is 10.0. The summed E-state index contributed by atoms with van der Waals surface area (Å²) in [6.07, 6.45) is 1.93. The lowest BCUT2D eigenvalue weighted by Gasteiger charge is -2.15. The second-order valence-corrected chi connectivity index (χ2v) is 3.79. The Hall–Kier alpha value is -1.22. The number of anilines is 2. The van der Waals surface area contributed by atoms with E-state index in [1.807, 2.05) is 24.3 Å². The fourth-order valence-corrected chi connectivity index (χ4v) is 1.54. The van der Waals surface area contributed by atoms with Gasteiger partial charge in [-0.3, -0.25) is 0 Å². The minimum atomic E-state index is 0.261. The topological polar surface area (TPSA) is 58.3 Å². The van der Waals surface area contributed by atoms with E-state index in [-0.39, 0.29) is 6.61 Å². The molecular weight excluding hydrogens is 188 g/mol. The Kier molecular flexibility index (Phi) is 4.98. The van der Waals surface area contributed by atoms with Gasteiger partial charge in [0.15, 0.2) is 0 Å². The summed E-state index contributed by atoms with van der Waals surface area (Å²) >= 11 is 0. The van der Waals surface area contributed by atoms with Crippen LogP contribution in [0.2, 0.25) is 0 Å². The van der Waals surface area contributed by atoms with E-state index in [1.54, 1.807) is 0 Å². The zero-order chi connectivity index (χ0) is 11.1. The number of nitrogens with one attached hydrogen (secondary N) is 1. The quantitative estimate of drug-likeness (QED) is 0.627. The summed E-state index contributed by atoms with van der Waals surface area (Å²) in [5.74, 6) is 0.524. The van der Waals surface area contributed by atoms with Gasteiger partial charge in [0, 0.05) is 24.5 Å². The molecule has 0 aliphatic rings. The molecule has 3 nitrogen and oxygen atoms in total. The first-order valence-corrected chi connectivity index (χ1v) is 5.46. The summed E-state index contributed by atoms with van der Waals surface area (Å²) in [5, 5.41) is 12.2. The molecule has 0 heterocycles. The predicted octanol–water partition coefficient (Wildman–Crippen LogP) is 2.09. The number of aliphatic hydroxyl groups excluding tert-OH is 1. The van der Waals surface area contributed by atoms with Crippen molar-refractivity contribution in [1.29, 1.82) is 0 Å². The molecule has 1 rings (SSSR count). The van der Waals surface area contributed by atoms with E-state index in [0.29, 0.717) is 5.92 Å². The second-order valence-electron chi connectivity index (χ2n) is 3.79. The molecule has 1 unspecified atom stereocenters.